The van der Waals surface area contributed by atoms with Gasteiger partial charge in [-0.05, 0) is 24.1 Å². The first-order chi connectivity index (χ1) is 9.74. The van der Waals surface area contributed by atoms with Crippen molar-refractivity contribution in [2.75, 3.05) is 20.2 Å². The van der Waals surface area contributed by atoms with E-state index in [2.05, 4.69) is 17.0 Å². The first-order valence-corrected chi connectivity index (χ1v) is 7.62. The highest BCUT2D eigenvalue weighted by molar-refractivity contribution is 7.09. The largest absolute Gasteiger partial charge is 0.389 e. The highest BCUT2D eigenvalue weighted by Crippen LogP contribution is 2.10. The molecule has 1 unspecified atom stereocenters. The summed E-state index contributed by atoms with van der Waals surface area (Å²) in [5, 5.41) is 12.0. The van der Waals surface area contributed by atoms with Gasteiger partial charge in [0.05, 0.1) is 19.3 Å². The van der Waals surface area contributed by atoms with Gasteiger partial charge in [-0.25, -0.2) is 0 Å². The molecule has 20 heavy (non-hydrogen) atoms. The maximum atomic E-state index is 9.96. The van der Waals surface area contributed by atoms with Crippen LogP contribution in [-0.4, -0.2) is 36.3 Å². The zero-order valence-corrected chi connectivity index (χ0v) is 12.6. The fourth-order valence-corrected chi connectivity index (χ4v) is 2.70. The lowest BCUT2D eigenvalue weighted by atomic mass is 10.2. The van der Waals surface area contributed by atoms with Gasteiger partial charge in [0, 0.05) is 18.0 Å². The molecule has 108 valence electrons. The van der Waals surface area contributed by atoms with Crippen molar-refractivity contribution in [3.8, 4) is 0 Å². The van der Waals surface area contributed by atoms with Crippen LogP contribution in [0.2, 0.25) is 0 Å². The van der Waals surface area contributed by atoms with E-state index in [-0.39, 0.29) is 0 Å². The van der Waals surface area contributed by atoms with Gasteiger partial charge in [0.15, 0.2) is 0 Å². The number of aliphatic hydroxyl groups is 1. The number of likely N-dealkylation sites (N-methyl/N-ethyl adjacent to an activating group) is 1. The Balaban J connectivity index is 1.64. The van der Waals surface area contributed by atoms with Crippen LogP contribution in [0.3, 0.4) is 0 Å². The van der Waals surface area contributed by atoms with Crippen LogP contribution in [0.4, 0.5) is 0 Å². The summed E-state index contributed by atoms with van der Waals surface area (Å²) in [6, 6.07) is 14.3. The molecule has 0 aliphatic rings. The van der Waals surface area contributed by atoms with Crippen molar-refractivity contribution in [2.24, 2.45) is 0 Å². The molecule has 0 spiro atoms. The predicted octanol–water partition coefficient (Wildman–Crippen LogP) is 2.76. The minimum atomic E-state index is -0.455. The summed E-state index contributed by atoms with van der Waals surface area (Å²) in [6.07, 6.45) is -0.455. The van der Waals surface area contributed by atoms with Crippen LogP contribution >= 0.6 is 11.3 Å². The Kier molecular flexibility index (Phi) is 6.21. The van der Waals surface area contributed by atoms with Gasteiger partial charge in [-0.15, -0.1) is 11.3 Å². The Bertz CT molecular complexity index is 472. The van der Waals surface area contributed by atoms with Gasteiger partial charge in [0.1, 0.15) is 0 Å². The average Bonchev–Trinajstić information content (AvgIpc) is 2.93. The van der Waals surface area contributed by atoms with Gasteiger partial charge in [0.25, 0.3) is 0 Å². The van der Waals surface area contributed by atoms with Crippen LogP contribution < -0.4 is 0 Å². The third kappa shape index (κ3) is 5.43. The van der Waals surface area contributed by atoms with Crippen LogP contribution in [0.25, 0.3) is 0 Å². The van der Waals surface area contributed by atoms with Gasteiger partial charge in [-0.3, -0.25) is 4.90 Å². The molecule has 1 aromatic carbocycles. The number of ether oxygens (including phenoxy) is 1. The molecule has 0 aliphatic carbocycles. The van der Waals surface area contributed by atoms with Crippen molar-refractivity contribution >= 4 is 11.3 Å². The monoisotopic (exact) mass is 291 g/mol. The zero-order chi connectivity index (χ0) is 14.2. The second-order valence-electron chi connectivity index (χ2n) is 4.93. The summed E-state index contributed by atoms with van der Waals surface area (Å²) in [4.78, 5) is 3.30. The molecule has 1 atom stereocenters. The number of benzene rings is 1. The zero-order valence-electron chi connectivity index (χ0n) is 11.7. The van der Waals surface area contributed by atoms with Gasteiger partial charge in [0.2, 0.25) is 0 Å². The Morgan fingerprint density at radius 1 is 1.20 bits per heavy atom. The van der Waals surface area contributed by atoms with Gasteiger partial charge in [-0.1, -0.05) is 36.4 Å². The van der Waals surface area contributed by atoms with E-state index >= 15 is 0 Å². The van der Waals surface area contributed by atoms with Crippen LogP contribution in [0.15, 0.2) is 47.8 Å². The van der Waals surface area contributed by atoms with E-state index in [1.54, 1.807) is 11.3 Å². The first-order valence-electron chi connectivity index (χ1n) is 6.74. The van der Waals surface area contributed by atoms with Crippen molar-refractivity contribution in [2.45, 2.75) is 19.3 Å². The summed E-state index contributed by atoms with van der Waals surface area (Å²) in [6.45, 7) is 2.40. The SMILES string of the molecule is CN(Cc1ccccc1)CC(O)COCc1cccs1. The normalized spacial score (nSPS) is 12.8. The highest BCUT2D eigenvalue weighted by atomic mass is 32.1. The molecule has 4 heteroatoms. The lowest BCUT2D eigenvalue weighted by molar-refractivity contribution is 0.0135. The lowest BCUT2D eigenvalue weighted by Gasteiger charge is -2.20. The topological polar surface area (TPSA) is 32.7 Å². The number of nitrogens with zero attached hydrogens (tertiary/aromatic N) is 1. The van der Waals surface area contributed by atoms with E-state index in [0.29, 0.717) is 19.8 Å². The Morgan fingerprint density at radius 2 is 2.00 bits per heavy atom. The number of aliphatic hydroxyl groups excluding tert-OH is 1. The number of hydrogen-bond acceptors (Lipinski definition) is 4. The van der Waals surface area contributed by atoms with Crippen LogP contribution in [-0.2, 0) is 17.9 Å². The molecule has 1 aromatic heterocycles. The first kappa shape index (κ1) is 15.2. The standard InChI is InChI=1S/C16H21NO2S/c1-17(10-14-6-3-2-4-7-14)11-15(18)12-19-13-16-8-5-9-20-16/h2-9,15,18H,10-13H2,1H3. The van der Waals surface area contributed by atoms with Gasteiger partial charge >= 0.3 is 0 Å². The van der Waals surface area contributed by atoms with E-state index < -0.39 is 6.10 Å². The fourth-order valence-electron chi connectivity index (χ4n) is 2.06. The minimum Gasteiger partial charge on any atom is -0.389 e. The molecular weight excluding hydrogens is 270 g/mol. The Morgan fingerprint density at radius 3 is 2.70 bits per heavy atom. The van der Waals surface area contributed by atoms with E-state index in [4.69, 9.17) is 4.74 Å². The van der Waals surface area contributed by atoms with E-state index in [1.165, 1.54) is 10.4 Å². The highest BCUT2D eigenvalue weighted by Gasteiger charge is 2.09. The molecule has 0 amide bonds. The third-order valence-corrected chi connectivity index (χ3v) is 3.80. The molecular formula is C16H21NO2S. The number of thiophene rings is 1. The molecule has 0 radical (unpaired) electrons. The van der Waals surface area contributed by atoms with Crippen molar-refractivity contribution < 1.29 is 9.84 Å². The molecule has 0 saturated heterocycles. The van der Waals surface area contributed by atoms with Crippen molar-refractivity contribution in [3.63, 3.8) is 0 Å². The lowest BCUT2D eigenvalue weighted by Crippen LogP contribution is -2.31. The van der Waals surface area contributed by atoms with Gasteiger partial charge < -0.3 is 9.84 Å². The summed E-state index contributed by atoms with van der Waals surface area (Å²) in [5.74, 6) is 0. The van der Waals surface area contributed by atoms with E-state index in [1.807, 2.05) is 42.8 Å². The maximum Gasteiger partial charge on any atom is 0.0900 e. The maximum absolute atomic E-state index is 9.96. The second kappa shape index (κ2) is 8.17. The summed E-state index contributed by atoms with van der Waals surface area (Å²) in [7, 11) is 2.01. The third-order valence-electron chi connectivity index (χ3n) is 2.95. The predicted molar refractivity (Wildman–Crippen MR) is 82.8 cm³/mol. The molecule has 0 aliphatic heterocycles. The van der Waals surface area contributed by atoms with Crippen molar-refractivity contribution in [1.29, 1.82) is 0 Å². The molecule has 1 heterocycles. The quantitative estimate of drug-likeness (QED) is 0.812. The molecule has 0 fully saturated rings. The Hall–Kier alpha value is -1.20. The van der Waals surface area contributed by atoms with E-state index in [0.717, 1.165) is 6.54 Å². The number of hydrogen-bond donors (Lipinski definition) is 1. The molecule has 0 bridgehead atoms. The Labute approximate surface area is 124 Å². The smallest absolute Gasteiger partial charge is 0.0900 e. The van der Waals surface area contributed by atoms with Crippen LogP contribution in [0.5, 0.6) is 0 Å². The van der Waals surface area contributed by atoms with Crippen molar-refractivity contribution in [3.05, 3.63) is 58.3 Å². The number of rotatable bonds is 8. The molecule has 0 saturated carbocycles. The molecule has 2 aromatic rings. The fraction of sp³-hybridized carbons (Fsp3) is 0.375. The molecule has 2 rings (SSSR count). The second-order valence-corrected chi connectivity index (χ2v) is 5.96. The van der Waals surface area contributed by atoms with Gasteiger partial charge in [-0.2, -0.15) is 0 Å². The average molecular weight is 291 g/mol. The van der Waals surface area contributed by atoms with Crippen LogP contribution in [0, 0.1) is 0 Å². The summed E-state index contributed by atoms with van der Waals surface area (Å²) in [5.41, 5.74) is 1.25. The van der Waals surface area contributed by atoms with E-state index in [9.17, 15) is 5.11 Å². The van der Waals surface area contributed by atoms with Crippen molar-refractivity contribution in [1.82, 2.24) is 4.90 Å². The summed E-state index contributed by atoms with van der Waals surface area (Å²) < 4.78 is 5.52. The minimum absolute atomic E-state index is 0.372. The summed E-state index contributed by atoms with van der Waals surface area (Å²) >= 11 is 1.67. The molecule has 3 nitrogen and oxygen atoms in total. The molecule has 1 N–H and O–H groups in total. The van der Waals surface area contributed by atoms with Crippen LogP contribution in [0.1, 0.15) is 10.4 Å².